The van der Waals surface area contributed by atoms with Crippen molar-refractivity contribution in [2.75, 3.05) is 39.6 Å². The van der Waals surface area contributed by atoms with E-state index in [0.29, 0.717) is 68.4 Å². The first-order valence-electron chi connectivity index (χ1n) is 25.5. The first-order chi connectivity index (χ1) is 30.6. The Hall–Kier alpha value is -3.58. The first kappa shape index (κ1) is 51.1. The molecule has 7 nitrogen and oxygen atoms in total. The quantitative estimate of drug-likeness (QED) is 0.0358. The van der Waals surface area contributed by atoms with Crippen molar-refractivity contribution < 1.29 is 33.5 Å². The summed E-state index contributed by atoms with van der Waals surface area (Å²) in [7, 11) is 0. The Morgan fingerprint density at radius 3 is 1.15 bits per heavy atom. The van der Waals surface area contributed by atoms with Gasteiger partial charge in [0, 0.05) is 21.7 Å². The minimum absolute atomic E-state index is 0.216. The van der Waals surface area contributed by atoms with Crippen LogP contribution in [0.1, 0.15) is 201 Å². The van der Waals surface area contributed by atoms with Crippen molar-refractivity contribution in [1.29, 1.82) is 0 Å². The molecule has 4 aromatic carbocycles. The van der Waals surface area contributed by atoms with Crippen molar-refractivity contribution in [3.8, 4) is 34.5 Å². The van der Waals surface area contributed by atoms with Crippen molar-refractivity contribution in [2.45, 2.75) is 202 Å². The Bertz CT molecular complexity index is 1830. The average molecular weight is 859 g/mol. The van der Waals surface area contributed by atoms with Crippen LogP contribution < -0.4 is 28.4 Å². The summed E-state index contributed by atoms with van der Waals surface area (Å²) in [6.07, 6.45) is 26.1. The highest BCUT2D eigenvalue weighted by Gasteiger charge is 2.31. The van der Waals surface area contributed by atoms with Gasteiger partial charge in [-0.15, -0.1) is 0 Å². The molecule has 7 heteroatoms. The predicted molar refractivity (Wildman–Crippen MR) is 263 cm³/mol. The van der Waals surface area contributed by atoms with Gasteiger partial charge >= 0.3 is 0 Å². The third-order valence-corrected chi connectivity index (χ3v) is 12.0. The molecule has 0 amide bonds. The van der Waals surface area contributed by atoms with Crippen LogP contribution >= 0.6 is 0 Å². The van der Waals surface area contributed by atoms with Crippen molar-refractivity contribution >= 4 is 32.3 Å². The zero-order valence-electron chi connectivity index (χ0n) is 40.2. The molecule has 0 aliphatic heterocycles. The topological polar surface area (TPSA) is 75.6 Å². The number of unbranched alkanes of at least 4 members (excludes halogenated alkanes) is 18. The molecule has 1 N–H and O–H groups in total. The van der Waals surface area contributed by atoms with E-state index in [0.717, 1.165) is 178 Å². The van der Waals surface area contributed by atoms with Gasteiger partial charge in [0.1, 0.15) is 0 Å². The predicted octanol–water partition coefficient (Wildman–Crippen LogP) is 16.4. The monoisotopic (exact) mass is 859 g/mol. The Balaban J connectivity index is 2.15. The number of ether oxygens (including phenoxy) is 6. The lowest BCUT2D eigenvalue weighted by Crippen LogP contribution is -2.10. The molecule has 4 rings (SSSR count). The fourth-order valence-corrected chi connectivity index (χ4v) is 8.46. The second-order valence-electron chi connectivity index (χ2n) is 17.3. The Labute approximate surface area is 376 Å². The molecule has 0 saturated carbocycles. The van der Waals surface area contributed by atoms with E-state index in [1.165, 1.54) is 19.3 Å². The van der Waals surface area contributed by atoms with Crippen molar-refractivity contribution in [3.63, 3.8) is 0 Å². The van der Waals surface area contributed by atoms with Crippen molar-refractivity contribution in [3.05, 3.63) is 35.9 Å². The van der Waals surface area contributed by atoms with E-state index in [2.05, 4.69) is 71.9 Å². The average Bonchev–Trinajstić information content (AvgIpc) is 3.29. The number of hydrogen-bond donors (Lipinski definition) is 1. The summed E-state index contributed by atoms with van der Waals surface area (Å²) in [4.78, 5) is 0. The van der Waals surface area contributed by atoms with E-state index in [1.807, 2.05) is 0 Å². The van der Waals surface area contributed by atoms with Crippen LogP contribution in [-0.2, 0) is 6.61 Å². The molecule has 0 fully saturated rings. The zero-order chi connectivity index (χ0) is 44.2. The lowest BCUT2D eigenvalue weighted by Gasteiger charge is -2.26. The van der Waals surface area contributed by atoms with Gasteiger partial charge in [-0.05, 0) is 60.7 Å². The minimum atomic E-state index is -0.216. The van der Waals surface area contributed by atoms with Gasteiger partial charge in [-0.3, -0.25) is 0 Å². The molecule has 0 unspecified atom stereocenters. The molecule has 0 atom stereocenters. The molecule has 0 aliphatic rings. The maximum absolute atomic E-state index is 11.6. The largest absolute Gasteiger partial charge is 0.490 e. The van der Waals surface area contributed by atoms with Crippen molar-refractivity contribution in [1.82, 2.24) is 0 Å². The third-order valence-electron chi connectivity index (χ3n) is 12.0. The van der Waals surface area contributed by atoms with Crippen LogP contribution in [0.4, 0.5) is 0 Å². The van der Waals surface area contributed by atoms with Gasteiger partial charge in [0.05, 0.1) is 46.2 Å². The molecule has 0 bridgehead atoms. The minimum Gasteiger partial charge on any atom is -0.490 e. The lowest BCUT2D eigenvalue weighted by atomic mass is 9.89. The molecule has 0 saturated heterocycles. The number of rotatable bonds is 37. The summed E-state index contributed by atoms with van der Waals surface area (Å²) in [5, 5.41) is 17.4. The van der Waals surface area contributed by atoms with Gasteiger partial charge < -0.3 is 33.5 Å². The van der Waals surface area contributed by atoms with Gasteiger partial charge in [-0.1, -0.05) is 181 Å². The van der Waals surface area contributed by atoms with E-state index in [4.69, 9.17) is 28.4 Å². The number of aliphatic hydroxyl groups is 1. The van der Waals surface area contributed by atoms with Gasteiger partial charge in [0.25, 0.3) is 0 Å². The van der Waals surface area contributed by atoms with Crippen LogP contribution in [0.5, 0.6) is 34.5 Å². The smallest absolute Gasteiger partial charge is 0.204 e. The summed E-state index contributed by atoms with van der Waals surface area (Å²) in [5.74, 6) is 3.93. The zero-order valence-corrected chi connectivity index (χ0v) is 40.2. The van der Waals surface area contributed by atoms with Crippen LogP contribution in [0.15, 0.2) is 30.3 Å². The first-order valence-corrected chi connectivity index (χ1v) is 25.5. The maximum Gasteiger partial charge on any atom is 0.204 e. The second kappa shape index (κ2) is 30.5. The van der Waals surface area contributed by atoms with Gasteiger partial charge in [0.2, 0.25) is 11.5 Å². The SMILES string of the molecule is CCCCCCOc1cc2c3ccccc3c3c(CO)c(OCCCCCC)c(OCCCCCC)c(OCCCCCC)c3c2c(OCCCCCC)c1OCCCCCC. The summed E-state index contributed by atoms with van der Waals surface area (Å²) in [6.45, 7) is 16.5. The highest BCUT2D eigenvalue weighted by molar-refractivity contribution is 6.30. The molecule has 348 valence electrons. The molecule has 62 heavy (non-hydrogen) atoms. The standard InChI is InChI=1S/C55H86O7/c1-7-13-19-27-35-57-47-41-45-43-33-25-26-34-44(43)48-46(42-56)51(58-36-28-20-14-8-2)55(62-40-32-24-18-12-6)54(61-39-31-23-17-11-5)50(48)49(45)53(60-38-30-22-16-10-4)52(47)59-37-29-21-15-9-3/h25-26,33-34,41,56H,7-24,27-32,35-40,42H2,1-6H3. The van der Waals surface area contributed by atoms with Crippen LogP contribution in [0, 0.1) is 0 Å². The molecule has 0 spiro atoms. The van der Waals surface area contributed by atoms with Crippen LogP contribution in [-0.4, -0.2) is 44.7 Å². The molecule has 4 aromatic rings. The third kappa shape index (κ3) is 15.0. The number of aliphatic hydroxyl groups excluding tert-OH is 1. The summed E-state index contributed by atoms with van der Waals surface area (Å²) in [5.41, 5.74) is 0.725. The number of hydrogen-bond acceptors (Lipinski definition) is 7. The van der Waals surface area contributed by atoms with E-state index in [9.17, 15) is 5.11 Å². The normalized spacial score (nSPS) is 11.5. The van der Waals surface area contributed by atoms with E-state index in [-0.39, 0.29) is 6.61 Å². The van der Waals surface area contributed by atoms with Gasteiger partial charge in [-0.25, -0.2) is 0 Å². The number of fused-ring (bicyclic) bond motifs is 6. The van der Waals surface area contributed by atoms with Crippen molar-refractivity contribution in [2.24, 2.45) is 0 Å². The molecule has 0 radical (unpaired) electrons. The molecular formula is C55H86O7. The fraction of sp³-hybridized carbons (Fsp3) is 0.673. The van der Waals surface area contributed by atoms with E-state index < -0.39 is 0 Å². The maximum atomic E-state index is 11.6. The van der Waals surface area contributed by atoms with Gasteiger partial charge in [0.15, 0.2) is 23.0 Å². The highest BCUT2D eigenvalue weighted by atomic mass is 16.5. The summed E-state index contributed by atoms with van der Waals surface area (Å²) >= 11 is 0. The van der Waals surface area contributed by atoms with E-state index in [1.54, 1.807) is 0 Å². The number of benzene rings is 4. The molecular weight excluding hydrogens is 773 g/mol. The molecule has 0 aliphatic carbocycles. The lowest BCUT2D eigenvalue weighted by molar-refractivity contribution is 0.226. The fourth-order valence-electron chi connectivity index (χ4n) is 8.46. The Kier molecular flexibility index (Phi) is 25.1. The molecule has 0 heterocycles. The van der Waals surface area contributed by atoms with Gasteiger partial charge in [-0.2, -0.15) is 0 Å². The van der Waals surface area contributed by atoms with Crippen LogP contribution in [0.25, 0.3) is 32.3 Å². The highest BCUT2D eigenvalue weighted by Crippen LogP contribution is 2.56. The Morgan fingerprint density at radius 2 is 0.710 bits per heavy atom. The van der Waals surface area contributed by atoms with Crippen LogP contribution in [0.3, 0.4) is 0 Å². The summed E-state index contributed by atoms with van der Waals surface area (Å²) in [6, 6.07) is 10.7. The summed E-state index contributed by atoms with van der Waals surface area (Å²) < 4.78 is 41.7. The van der Waals surface area contributed by atoms with Crippen LogP contribution in [0.2, 0.25) is 0 Å². The Morgan fingerprint density at radius 1 is 0.339 bits per heavy atom. The molecule has 0 aromatic heterocycles. The second-order valence-corrected chi connectivity index (χ2v) is 17.3. The van der Waals surface area contributed by atoms with E-state index >= 15 is 0 Å².